The van der Waals surface area contributed by atoms with Crippen LogP contribution in [0.4, 0.5) is 0 Å². The van der Waals surface area contributed by atoms with E-state index in [9.17, 15) is 4.79 Å². The summed E-state index contributed by atoms with van der Waals surface area (Å²) in [7, 11) is 1.88. The van der Waals surface area contributed by atoms with Crippen molar-refractivity contribution in [2.45, 2.75) is 25.0 Å². The zero-order valence-electron chi connectivity index (χ0n) is 12.1. The summed E-state index contributed by atoms with van der Waals surface area (Å²) in [6, 6.07) is 7.37. The Morgan fingerprint density at radius 3 is 2.76 bits per heavy atom. The van der Waals surface area contributed by atoms with Crippen LogP contribution in [0, 0.1) is 6.92 Å². The Bertz CT molecular complexity index is 644. The second-order valence-corrected chi connectivity index (χ2v) is 6.04. The molecule has 1 N–H and O–H groups in total. The van der Waals surface area contributed by atoms with Gasteiger partial charge in [0.05, 0.1) is 11.8 Å². The van der Waals surface area contributed by atoms with Gasteiger partial charge in [-0.25, -0.2) is 0 Å². The molecule has 0 fully saturated rings. The molecule has 1 aromatic heterocycles. The lowest BCUT2D eigenvalue weighted by Crippen LogP contribution is -2.28. The first-order valence-electron chi connectivity index (χ1n) is 6.51. The van der Waals surface area contributed by atoms with Crippen molar-refractivity contribution in [2.24, 2.45) is 7.05 Å². The van der Waals surface area contributed by atoms with Crippen LogP contribution in [0.2, 0.25) is 5.02 Å². The fraction of sp³-hybridized carbons (Fsp3) is 0.357. The highest BCUT2D eigenvalue weighted by Crippen LogP contribution is 2.22. The summed E-state index contributed by atoms with van der Waals surface area (Å²) in [6.45, 7) is 3.78. The van der Waals surface area contributed by atoms with E-state index in [1.807, 2.05) is 49.7 Å². The van der Waals surface area contributed by atoms with Crippen LogP contribution in [0.15, 0.2) is 29.4 Å². The van der Waals surface area contributed by atoms with Crippen molar-refractivity contribution >= 4 is 29.3 Å². The van der Waals surface area contributed by atoms with Crippen LogP contribution in [0.3, 0.4) is 0 Å². The highest BCUT2D eigenvalue weighted by atomic mass is 35.5. The van der Waals surface area contributed by atoms with Gasteiger partial charge in [0.15, 0.2) is 5.16 Å². The van der Waals surface area contributed by atoms with Crippen molar-refractivity contribution in [3.63, 3.8) is 0 Å². The molecule has 21 heavy (non-hydrogen) atoms. The monoisotopic (exact) mass is 324 g/mol. The molecule has 1 atom stereocenters. The van der Waals surface area contributed by atoms with Crippen molar-refractivity contribution in [3.8, 4) is 0 Å². The smallest absolute Gasteiger partial charge is 0.230 e. The van der Waals surface area contributed by atoms with E-state index in [0.29, 0.717) is 10.8 Å². The van der Waals surface area contributed by atoms with Crippen molar-refractivity contribution in [3.05, 3.63) is 40.7 Å². The maximum Gasteiger partial charge on any atom is 0.230 e. The molecule has 0 unspecified atom stereocenters. The first kappa shape index (κ1) is 15.9. The highest BCUT2D eigenvalue weighted by Gasteiger charge is 2.14. The number of rotatable bonds is 5. The third kappa shape index (κ3) is 3.98. The largest absolute Gasteiger partial charge is 0.349 e. The van der Waals surface area contributed by atoms with E-state index in [1.54, 1.807) is 0 Å². The second-order valence-electron chi connectivity index (χ2n) is 4.69. The molecule has 1 amide bonds. The molecule has 0 bridgehead atoms. The number of aryl methyl sites for hydroxylation is 1. The topological polar surface area (TPSA) is 59.8 Å². The lowest BCUT2D eigenvalue weighted by Gasteiger charge is -2.15. The quantitative estimate of drug-likeness (QED) is 0.859. The third-order valence-corrected chi connectivity index (χ3v) is 4.50. The Morgan fingerprint density at radius 1 is 1.43 bits per heavy atom. The maximum absolute atomic E-state index is 12.0. The molecule has 7 heteroatoms. The van der Waals surface area contributed by atoms with Crippen LogP contribution in [-0.2, 0) is 11.8 Å². The Labute approximate surface area is 133 Å². The van der Waals surface area contributed by atoms with Crippen LogP contribution in [-0.4, -0.2) is 26.4 Å². The normalized spacial score (nSPS) is 12.2. The number of nitrogens with zero attached hydrogens (tertiary/aromatic N) is 3. The average molecular weight is 325 g/mol. The van der Waals surface area contributed by atoms with E-state index >= 15 is 0 Å². The van der Waals surface area contributed by atoms with Crippen LogP contribution in [0.1, 0.15) is 24.4 Å². The summed E-state index contributed by atoms with van der Waals surface area (Å²) < 4.78 is 1.86. The van der Waals surface area contributed by atoms with E-state index in [2.05, 4.69) is 15.5 Å². The molecule has 0 saturated carbocycles. The molecule has 112 valence electrons. The SMILES string of the molecule is Cc1nnc(SCC(=O)N[C@H](C)c2ccccc2Cl)n1C. The molecule has 0 spiro atoms. The zero-order chi connectivity index (χ0) is 15.4. The minimum Gasteiger partial charge on any atom is -0.349 e. The lowest BCUT2D eigenvalue weighted by molar-refractivity contribution is -0.119. The van der Waals surface area contributed by atoms with Gasteiger partial charge >= 0.3 is 0 Å². The summed E-state index contributed by atoms with van der Waals surface area (Å²) in [5, 5.41) is 12.3. The van der Waals surface area contributed by atoms with Crippen molar-refractivity contribution in [1.29, 1.82) is 0 Å². The Balaban J connectivity index is 1.90. The number of carbonyl (C=O) groups is 1. The van der Waals surface area contributed by atoms with Gasteiger partial charge in [0, 0.05) is 12.1 Å². The number of thioether (sulfide) groups is 1. The number of halogens is 1. The van der Waals surface area contributed by atoms with Gasteiger partial charge in [0.2, 0.25) is 5.91 Å². The number of carbonyl (C=O) groups excluding carboxylic acids is 1. The molecular formula is C14H17ClN4OS. The first-order valence-corrected chi connectivity index (χ1v) is 7.88. The Hall–Kier alpha value is -1.53. The highest BCUT2D eigenvalue weighted by molar-refractivity contribution is 7.99. The van der Waals surface area contributed by atoms with Gasteiger partial charge in [-0.2, -0.15) is 0 Å². The molecular weight excluding hydrogens is 308 g/mol. The molecule has 1 aromatic carbocycles. The van der Waals surface area contributed by atoms with Gasteiger partial charge in [-0.15, -0.1) is 10.2 Å². The van der Waals surface area contributed by atoms with Crippen molar-refractivity contribution < 1.29 is 4.79 Å². The zero-order valence-corrected chi connectivity index (χ0v) is 13.7. The van der Waals surface area contributed by atoms with Crippen LogP contribution >= 0.6 is 23.4 Å². The van der Waals surface area contributed by atoms with E-state index in [1.165, 1.54) is 11.8 Å². The molecule has 0 saturated heterocycles. The predicted molar refractivity (Wildman–Crippen MR) is 84.5 cm³/mol. The molecule has 2 rings (SSSR count). The maximum atomic E-state index is 12.0. The van der Waals surface area contributed by atoms with Gasteiger partial charge in [0.1, 0.15) is 5.82 Å². The Kier molecular flexibility index (Phi) is 5.25. The van der Waals surface area contributed by atoms with Gasteiger partial charge in [-0.3, -0.25) is 4.79 Å². The summed E-state index contributed by atoms with van der Waals surface area (Å²) in [5.41, 5.74) is 0.909. The number of hydrogen-bond acceptors (Lipinski definition) is 4. The number of benzene rings is 1. The van der Waals surface area contributed by atoms with Crippen LogP contribution < -0.4 is 5.32 Å². The van der Waals surface area contributed by atoms with Gasteiger partial charge in [0.25, 0.3) is 0 Å². The van der Waals surface area contributed by atoms with E-state index in [-0.39, 0.29) is 11.9 Å². The number of nitrogens with one attached hydrogen (secondary N) is 1. The average Bonchev–Trinajstić information content (AvgIpc) is 2.77. The van der Waals surface area contributed by atoms with Crippen molar-refractivity contribution in [2.75, 3.05) is 5.75 Å². The second kappa shape index (κ2) is 6.95. The summed E-state index contributed by atoms with van der Waals surface area (Å²) in [4.78, 5) is 12.0. The van der Waals surface area contributed by atoms with Gasteiger partial charge < -0.3 is 9.88 Å². The molecule has 0 aliphatic rings. The van der Waals surface area contributed by atoms with E-state index in [4.69, 9.17) is 11.6 Å². The van der Waals surface area contributed by atoms with E-state index in [0.717, 1.165) is 16.5 Å². The minimum atomic E-state index is -0.131. The van der Waals surface area contributed by atoms with Gasteiger partial charge in [-0.05, 0) is 25.5 Å². The molecule has 0 aliphatic heterocycles. The summed E-state index contributed by atoms with van der Waals surface area (Å²) >= 11 is 7.48. The van der Waals surface area contributed by atoms with Gasteiger partial charge in [-0.1, -0.05) is 41.6 Å². The molecule has 0 aliphatic carbocycles. The molecule has 2 aromatic rings. The lowest BCUT2D eigenvalue weighted by atomic mass is 10.1. The van der Waals surface area contributed by atoms with Crippen LogP contribution in [0.25, 0.3) is 0 Å². The fourth-order valence-corrected chi connectivity index (χ4v) is 2.90. The standard InChI is InChI=1S/C14H17ClN4OS/c1-9(11-6-4-5-7-12(11)15)16-13(20)8-21-14-18-17-10(2)19(14)3/h4-7,9H,8H2,1-3H3,(H,16,20)/t9-/m1/s1. The number of hydrogen-bond donors (Lipinski definition) is 1. The molecule has 0 radical (unpaired) electrons. The van der Waals surface area contributed by atoms with Crippen LogP contribution in [0.5, 0.6) is 0 Å². The van der Waals surface area contributed by atoms with E-state index < -0.39 is 0 Å². The molecule has 1 heterocycles. The number of amides is 1. The first-order chi connectivity index (χ1) is 9.99. The predicted octanol–water partition coefficient (Wildman–Crippen LogP) is 2.75. The van der Waals surface area contributed by atoms with Crippen molar-refractivity contribution in [1.82, 2.24) is 20.1 Å². The summed E-state index contributed by atoms with van der Waals surface area (Å²) in [5.74, 6) is 1.05. The molecule has 5 nitrogen and oxygen atoms in total. The Morgan fingerprint density at radius 2 is 2.14 bits per heavy atom. The summed E-state index contributed by atoms with van der Waals surface area (Å²) in [6.07, 6.45) is 0. The number of aromatic nitrogens is 3. The third-order valence-electron chi connectivity index (χ3n) is 3.13. The minimum absolute atomic E-state index is 0.0620. The fourth-order valence-electron chi connectivity index (χ4n) is 1.83.